The average molecular weight is 379 g/mol. The molecular weight excluding hydrogens is 360 g/mol. The summed E-state index contributed by atoms with van der Waals surface area (Å²) in [5, 5.41) is 16.9. The van der Waals surface area contributed by atoms with Gasteiger partial charge in [-0.3, -0.25) is 9.59 Å². The van der Waals surface area contributed by atoms with Crippen LogP contribution in [0.5, 0.6) is 0 Å². The lowest BCUT2D eigenvalue weighted by Crippen LogP contribution is -2.60. The third-order valence-corrected chi connectivity index (χ3v) is 4.45. The Bertz CT molecular complexity index is 870. The summed E-state index contributed by atoms with van der Waals surface area (Å²) in [5.41, 5.74) is -1.38. The molecule has 0 bridgehead atoms. The van der Waals surface area contributed by atoms with Crippen molar-refractivity contribution in [2.24, 2.45) is 0 Å². The molecule has 2 aromatic rings. The molecule has 1 atom stereocenters. The number of amides is 2. The molecular formula is C18H19F2N3O4. The standard InChI is InChI=1S/C18H19F2N3O4/c1-11-7-13(22-27-11)9-21-16(24)18(26)5-2-6-23(17(18)25)10-12-3-4-14(19)15(20)8-12/h3-4,7-8,26H,2,5-6,9-10H2,1H3,(H,21,24). The smallest absolute Gasteiger partial charge is 0.264 e. The third-order valence-electron chi connectivity index (χ3n) is 4.45. The van der Waals surface area contributed by atoms with E-state index in [-0.39, 0.29) is 19.5 Å². The average Bonchev–Trinajstić information content (AvgIpc) is 3.05. The summed E-state index contributed by atoms with van der Waals surface area (Å²) < 4.78 is 31.3. The van der Waals surface area contributed by atoms with E-state index in [1.165, 1.54) is 11.0 Å². The van der Waals surface area contributed by atoms with Crippen molar-refractivity contribution in [3.63, 3.8) is 0 Å². The van der Waals surface area contributed by atoms with Crippen LogP contribution in [0.25, 0.3) is 0 Å². The lowest BCUT2D eigenvalue weighted by Gasteiger charge is -2.37. The van der Waals surface area contributed by atoms with Gasteiger partial charge in [0.2, 0.25) is 5.60 Å². The van der Waals surface area contributed by atoms with Crippen LogP contribution in [-0.2, 0) is 22.7 Å². The number of aromatic nitrogens is 1. The Morgan fingerprint density at radius 1 is 1.37 bits per heavy atom. The Labute approximate surface area is 153 Å². The maximum atomic E-state index is 13.4. The van der Waals surface area contributed by atoms with E-state index in [1.807, 2.05) is 0 Å². The second-order valence-corrected chi connectivity index (χ2v) is 6.55. The van der Waals surface area contributed by atoms with E-state index >= 15 is 0 Å². The largest absolute Gasteiger partial charge is 0.372 e. The van der Waals surface area contributed by atoms with Crippen molar-refractivity contribution in [3.05, 3.63) is 52.9 Å². The zero-order valence-electron chi connectivity index (χ0n) is 14.7. The molecule has 0 saturated carbocycles. The molecule has 27 heavy (non-hydrogen) atoms. The fourth-order valence-corrected chi connectivity index (χ4v) is 3.03. The molecule has 1 aromatic carbocycles. The van der Waals surface area contributed by atoms with Crippen LogP contribution in [0.4, 0.5) is 8.78 Å². The first-order valence-electron chi connectivity index (χ1n) is 8.46. The number of likely N-dealkylation sites (tertiary alicyclic amines) is 1. The number of nitrogens with zero attached hydrogens (tertiary/aromatic N) is 2. The highest BCUT2D eigenvalue weighted by Crippen LogP contribution is 2.25. The Morgan fingerprint density at radius 3 is 2.81 bits per heavy atom. The Hall–Kier alpha value is -2.81. The van der Waals surface area contributed by atoms with E-state index < -0.39 is 29.0 Å². The number of aliphatic hydroxyl groups is 1. The lowest BCUT2D eigenvalue weighted by molar-refractivity contribution is -0.166. The SMILES string of the molecule is Cc1cc(CNC(=O)C2(O)CCCN(Cc3ccc(F)c(F)c3)C2=O)no1. The van der Waals surface area contributed by atoms with Crippen LogP contribution in [0.15, 0.2) is 28.8 Å². The maximum absolute atomic E-state index is 13.4. The first-order chi connectivity index (χ1) is 12.8. The van der Waals surface area contributed by atoms with Crippen LogP contribution in [0, 0.1) is 18.6 Å². The molecule has 7 nitrogen and oxygen atoms in total. The number of benzene rings is 1. The second kappa shape index (κ2) is 7.43. The minimum absolute atomic E-state index is 0.00887. The highest BCUT2D eigenvalue weighted by atomic mass is 19.2. The van der Waals surface area contributed by atoms with Crippen LogP contribution >= 0.6 is 0 Å². The van der Waals surface area contributed by atoms with E-state index in [4.69, 9.17) is 4.52 Å². The van der Waals surface area contributed by atoms with Gasteiger partial charge < -0.3 is 19.8 Å². The molecule has 0 spiro atoms. The number of nitrogens with one attached hydrogen (secondary N) is 1. The fourth-order valence-electron chi connectivity index (χ4n) is 3.03. The lowest BCUT2D eigenvalue weighted by atomic mass is 9.90. The predicted octanol–water partition coefficient (Wildman–Crippen LogP) is 1.43. The molecule has 1 aromatic heterocycles. The maximum Gasteiger partial charge on any atom is 0.264 e. The van der Waals surface area contributed by atoms with E-state index in [2.05, 4.69) is 10.5 Å². The van der Waals surface area contributed by atoms with Gasteiger partial charge in [0.05, 0.1) is 6.54 Å². The Balaban J connectivity index is 1.68. The monoisotopic (exact) mass is 379 g/mol. The van der Waals surface area contributed by atoms with Crippen molar-refractivity contribution < 1.29 is 28.0 Å². The van der Waals surface area contributed by atoms with Crippen molar-refractivity contribution in [2.45, 2.75) is 38.5 Å². The van der Waals surface area contributed by atoms with Crippen molar-refractivity contribution in [3.8, 4) is 0 Å². The van der Waals surface area contributed by atoms with E-state index in [0.717, 1.165) is 12.1 Å². The Kier molecular flexibility index (Phi) is 5.22. The third kappa shape index (κ3) is 3.97. The molecule has 2 heterocycles. The van der Waals surface area contributed by atoms with Gasteiger partial charge in [-0.15, -0.1) is 0 Å². The van der Waals surface area contributed by atoms with E-state index in [9.17, 15) is 23.5 Å². The van der Waals surface area contributed by atoms with Crippen LogP contribution in [0.3, 0.4) is 0 Å². The molecule has 1 aliphatic rings. The molecule has 0 aliphatic carbocycles. The van der Waals surface area contributed by atoms with Crippen LogP contribution in [0.1, 0.15) is 29.9 Å². The fraction of sp³-hybridized carbons (Fsp3) is 0.389. The van der Waals surface area contributed by atoms with Gasteiger partial charge in [-0.25, -0.2) is 8.78 Å². The summed E-state index contributed by atoms with van der Waals surface area (Å²) in [7, 11) is 0. The van der Waals surface area contributed by atoms with E-state index in [1.54, 1.807) is 13.0 Å². The predicted molar refractivity (Wildman–Crippen MR) is 89.0 cm³/mol. The molecule has 2 N–H and O–H groups in total. The number of halogens is 2. The number of piperidine rings is 1. The molecule has 1 aliphatic heterocycles. The summed E-state index contributed by atoms with van der Waals surface area (Å²) in [6.07, 6.45) is 0.367. The molecule has 1 unspecified atom stereocenters. The highest BCUT2D eigenvalue weighted by Gasteiger charge is 2.48. The molecule has 3 rings (SSSR count). The van der Waals surface area contributed by atoms with Gasteiger partial charge in [0, 0.05) is 19.2 Å². The first-order valence-corrected chi connectivity index (χ1v) is 8.46. The molecule has 9 heteroatoms. The quantitative estimate of drug-likeness (QED) is 0.767. The van der Waals surface area contributed by atoms with Crippen molar-refractivity contribution in [2.75, 3.05) is 6.54 Å². The zero-order chi connectivity index (χ0) is 19.6. The number of aryl methyl sites for hydroxylation is 1. The van der Waals surface area contributed by atoms with Gasteiger partial charge in [-0.05, 0) is 37.5 Å². The summed E-state index contributed by atoms with van der Waals surface area (Å²) in [5.74, 6) is -3.03. The topological polar surface area (TPSA) is 95.7 Å². The van der Waals surface area contributed by atoms with Crippen LogP contribution < -0.4 is 5.32 Å². The zero-order valence-corrected chi connectivity index (χ0v) is 14.7. The molecule has 1 saturated heterocycles. The summed E-state index contributed by atoms with van der Waals surface area (Å²) >= 11 is 0. The minimum Gasteiger partial charge on any atom is -0.372 e. The van der Waals surface area contributed by atoms with Gasteiger partial charge in [-0.1, -0.05) is 11.2 Å². The Morgan fingerprint density at radius 2 is 2.15 bits per heavy atom. The van der Waals surface area contributed by atoms with Gasteiger partial charge in [0.15, 0.2) is 11.6 Å². The van der Waals surface area contributed by atoms with Crippen LogP contribution in [-0.4, -0.2) is 39.1 Å². The van der Waals surface area contributed by atoms with Gasteiger partial charge in [0.25, 0.3) is 11.8 Å². The highest BCUT2D eigenvalue weighted by molar-refractivity contribution is 6.08. The molecule has 0 radical (unpaired) electrons. The molecule has 1 fully saturated rings. The van der Waals surface area contributed by atoms with Gasteiger partial charge in [0.1, 0.15) is 11.5 Å². The van der Waals surface area contributed by atoms with E-state index in [0.29, 0.717) is 30.0 Å². The molecule has 2 amide bonds. The number of carbonyl (C=O) groups excluding carboxylic acids is 2. The molecule has 144 valence electrons. The minimum atomic E-state index is -2.21. The van der Waals surface area contributed by atoms with Crippen molar-refractivity contribution >= 4 is 11.8 Å². The number of carbonyl (C=O) groups is 2. The number of hydrogen-bond donors (Lipinski definition) is 2. The summed E-state index contributed by atoms with van der Waals surface area (Å²) in [6.45, 7) is 1.98. The van der Waals surface area contributed by atoms with Crippen molar-refractivity contribution in [1.82, 2.24) is 15.4 Å². The number of hydrogen-bond acceptors (Lipinski definition) is 5. The second-order valence-electron chi connectivity index (χ2n) is 6.55. The first kappa shape index (κ1) is 19.0. The van der Waals surface area contributed by atoms with Gasteiger partial charge >= 0.3 is 0 Å². The normalized spacial score (nSPS) is 20.0. The van der Waals surface area contributed by atoms with Gasteiger partial charge in [-0.2, -0.15) is 0 Å². The summed E-state index contributed by atoms with van der Waals surface area (Å²) in [6, 6.07) is 4.94. The van der Waals surface area contributed by atoms with Crippen molar-refractivity contribution in [1.29, 1.82) is 0 Å². The number of rotatable bonds is 5. The van der Waals surface area contributed by atoms with Crippen LogP contribution in [0.2, 0.25) is 0 Å². The summed E-state index contributed by atoms with van der Waals surface area (Å²) in [4.78, 5) is 26.4.